The van der Waals surface area contributed by atoms with Gasteiger partial charge < -0.3 is 15.5 Å². The molecule has 8 heteroatoms. The highest BCUT2D eigenvalue weighted by molar-refractivity contribution is 5.93. The van der Waals surface area contributed by atoms with Crippen LogP contribution < -0.4 is 15.5 Å². The van der Waals surface area contributed by atoms with Crippen molar-refractivity contribution in [2.24, 2.45) is 5.92 Å². The van der Waals surface area contributed by atoms with E-state index in [2.05, 4.69) is 35.5 Å². The van der Waals surface area contributed by atoms with Crippen molar-refractivity contribution >= 4 is 29.2 Å². The van der Waals surface area contributed by atoms with E-state index in [0.29, 0.717) is 5.95 Å². The molecule has 2 aromatic heterocycles. The molecular weight excluding hydrogens is 402 g/mol. The average Bonchev–Trinajstić information content (AvgIpc) is 2.72. The zero-order chi connectivity index (χ0) is 22.7. The van der Waals surface area contributed by atoms with E-state index < -0.39 is 0 Å². The van der Waals surface area contributed by atoms with E-state index in [0.717, 1.165) is 66.0 Å². The molecule has 32 heavy (non-hydrogen) atoms. The van der Waals surface area contributed by atoms with Crippen molar-refractivity contribution in [1.82, 2.24) is 19.9 Å². The Morgan fingerprint density at radius 1 is 0.844 bits per heavy atom. The number of carbonyl (C=O) groups excluding carboxylic acids is 1. The van der Waals surface area contributed by atoms with Gasteiger partial charge in [0.1, 0.15) is 0 Å². The summed E-state index contributed by atoms with van der Waals surface area (Å²) in [6.45, 7) is 9.38. The van der Waals surface area contributed by atoms with Gasteiger partial charge in [-0.25, -0.2) is 19.9 Å². The van der Waals surface area contributed by atoms with Crippen LogP contribution in [0.15, 0.2) is 36.4 Å². The molecule has 3 aromatic rings. The third kappa shape index (κ3) is 5.38. The summed E-state index contributed by atoms with van der Waals surface area (Å²) >= 11 is 0. The summed E-state index contributed by atoms with van der Waals surface area (Å²) in [5, 5.41) is 6.28. The summed E-state index contributed by atoms with van der Waals surface area (Å²) in [5.74, 6) is 1.32. The Morgan fingerprint density at radius 3 is 2.03 bits per heavy atom. The first kappa shape index (κ1) is 21.7. The van der Waals surface area contributed by atoms with E-state index in [9.17, 15) is 4.79 Å². The van der Waals surface area contributed by atoms with Crippen molar-refractivity contribution in [3.8, 4) is 0 Å². The van der Waals surface area contributed by atoms with Crippen LogP contribution in [-0.4, -0.2) is 38.9 Å². The van der Waals surface area contributed by atoms with E-state index >= 15 is 0 Å². The van der Waals surface area contributed by atoms with Crippen molar-refractivity contribution in [1.29, 1.82) is 0 Å². The van der Waals surface area contributed by atoms with E-state index in [-0.39, 0.29) is 11.8 Å². The number of hydrogen-bond acceptors (Lipinski definition) is 7. The molecular formula is C24H29N7O. The van der Waals surface area contributed by atoms with Gasteiger partial charge in [-0.1, -0.05) is 6.07 Å². The van der Waals surface area contributed by atoms with E-state index in [1.54, 1.807) is 0 Å². The lowest BCUT2D eigenvalue weighted by atomic mass is 9.96. The number of hydrogen-bond donors (Lipinski definition) is 2. The minimum absolute atomic E-state index is 0.0310. The molecule has 0 unspecified atom stereocenters. The second kappa shape index (κ2) is 9.30. The summed E-state index contributed by atoms with van der Waals surface area (Å²) in [6, 6.07) is 11.5. The van der Waals surface area contributed by atoms with Gasteiger partial charge in [-0.3, -0.25) is 4.79 Å². The maximum absolute atomic E-state index is 12.9. The highest BCUT2D eigenvalue weighted by atomic mass is 16.1. The number of rotatable bonds is 5. The number of amides is 1. The van der Waals surface area contributed by atoms with Gasteiger partial charge in [0.05, 0.1) is 0 Å². The van der Waals surface area contributed by atoms with Crippen LogP contribution in [0.5, 0.6) is 0 Å². The molecule has 1 aliphatic rings. The van der Waals surface area contributed by atoms with Gasteiger partial charge in [0.2, 0.25) is 17.8 Å². The predicted octanol–water partition coefficient (Wildman–Crippen LogP) is 4.10. The van der Waals surface area contributed by atoms with Gasteiger partial charge in [0, 0.05) is 53.2 Å². The maximum atomic E-state index is 12.9. The van der Waals surface area contributed by atoms with Crippen LogP contribution in [0.25, 0.3) is 0 Å². The molecule has 0 bridgehead atoms. The number of anilines is 4. The Kier molecular flexibility index (Phi) is 6.30. The first-order valence-electron chi connectivity index (χ1n) is 10.9. The minimum atomic E-state index is -0.0310. The van der Waals surface area contributed by atoms with Gasteiger partial charge in [0.25, 0.3) is 0 Å². The van der Waals surface area contributed by atoms with Crippen LogP contribution in [0.4, 0.5) is 23.3 Å². The maximum Gasteiger partial charge on any atom is 0.227 e. The predicted molar refractivity (Wildman–Crippen MR) is 126 cm³/mol. The second-order valence-electron chi connectivity index (χ2n) is 8.38. The van der Waals surface area contributed by atoms with Crippen molar-refractivity contribution < 1.29 is 4.79 Å². The summed E-state index contributed by atoms with van der Waals surface area (Å²) in [6.07, 6.45) is 1.55. The van der Waals surface area contributed by atoms with Gasteiger partial charge >= 0.3 is 0 Å². The quantitative estimate of drug-likeness (QED) is 0.628. The van der Waals surface area contributed by atoms with E-state index in [1.807, 2.05) is 64.1 Å². The molecule has 1 aromatic carbocycles. The molecule has 4 rings (SSSR count). The first-order valence-corrected chi connectivity index (χ1v) is 10.9. The summed E-state index contributed by atoms with van der Waals surface area (Å²) in [4.78, 5) is 33.0. The van der Waals surface area contributed by atoms with Crippen molar-refractivity contribution in [3.05, 3.63) is 59.2 Å². The van der Waals surface area contributed by atoms with Crippen molar-refractivity contribution in [3.63, 3.8) is 0 Å². The number of aryl methyl sites for hydroxylation is 4. The van der Waals surface area contributed by atoms with Crippen LogP contribution in [0, 0.1) is 33.6 Å². The highest BCUT2D eigenvalue weighted by Crippen LogP contribution is 2.24. The third-order valence-corrected chi connectivity index (χ3v) is 5.49. The van der Waals surface area contributed by atoms with Crippen molar-refractivity contribution in [2.45, 2.75) is 40.5 Å². The largest absolute Gasteiger partial charge is 0.341 e. The Morgan fingerprint density at radius 2 is 1.41 bits per heavy atom. The highest BCUT2D eigenvalue weighted by Gasteiger charge is 2.26. The fraction of sp³-hybridized carbons (Fsp3) is 0.375. The summed E-state index contributed by atoms with van der Waals surface area (Å²) < 4.78 is 0. The van der Waals surface area contributed by atoms with Gasteiger partial charge in [-0.2, -0.15) is 0 Å². The van der Waals surface area contributed by atoms with Gasteiger partial charge in [-0.15, -0.1) is 0 Å². The number of carbonyl (C=O) groups is 1. The molecule has 1 amide bonds. The molecule has 1 fully saturated rings. The van der Waals surface area contributed by atoms with E-state index in [4.69, 9.17) is 0 Å². The molecule has 8 nitrogen and oxygen atoms in total. The second-order valence-corrected chi connectivity index (χ2v) is 8.38. The molecule has 1 aliphatic heterocycles. The number of aromatic nitrogens is 4. The van der Waals surface area contributed by atoms with Crippen LogP contribution in [0.3, 0.4) is 0 Å². The minimum Gasteiger partial charge on any atom is -0.341 e. The molecule has 0 atom stereocenters. The van der Waals surface area contributed by atoms with Crippen LogP contribution in [0.1, 0.15) is 35.6 Å². The smallest absolute Gasteiger partial charge is 0.227 e. The molecule has 0 saturated carbocycles. The van der Waals surface area contributed by atoms with Crippen LogP contribution >= 0.6 is 0 Å². The Labute approximate surface area is 188 Å². The van der Waals surface area contributed by atoms with Gasteiger partial charge in [0.15, 0.2) is 0 Å². The molecule has 0 spiro atoms. The van der Waals surface area contributed by atoms with Crippen LogP contribution in [-0.2, 0) is 4.79 Å². The summed E-state index contributed by atoms with van der Waals surface area (Å²) in [7, 11) is 0. The fourth-order valence-electron chi connectivity index (χ4n) is 4.02. The lowest BCUT2D eigenvalue weighted by Crippen LogP contribution is -2.39. The number of nitrogens with zero attached hydrogens (tertiary/aromatic N) is 5. The molecule has 3 heterocycles. The Bertz CT molecular complexity index is 1080. The molecule has 2 N–H and O–H groups in total. The Hall–Kier alpha value is -3.55. The average molecular weight is 432 g/mol. The first-order chi connectivity index (χ1) is 15.4. The lowest BCUT2D eigenvalue weighted by Gasteiger charge is -2.31. The topological polar surface area (TPSA) is 95.9 Å². The molecule has 1 saturated heterocycles. The van der Waals surface area contributed by atoms with Gasteiger partial charge in [-0.05, 0) is 70.9 Å². The number of nitrogens with one attached hydrogen (secondary N) is 2. The lowest BCUT2D eigenvalue weighted by molar-refractivity contribution is -0.120. The number of piperidine rings is 1. The standard InChI is InChI=1S/C24H29N7O/c1-15-12-16(2)26-23(25-15)30-21-7-5-6-20(14-21)29-22(32)19-8-10-31(11-9-19)24-27-17(3)13-18(4)28-24/h5-7,12-14,19H,8-11H2,1-4H3,(H,29,32)(H,25,26,30). The zero-order valence-electron chi connectivity index (χ0n) is 19.0. The third-order valence-electron chi connectivity index (χ3n) is 5.49. The fourth-order valence-corrected chi connectivity index (χ4v) is 4.02. The molecule has 0 aliphatic carbocycles. The number of benzene rings is 1. The monoisotopic (exact) mass is 431 g/mol. The van der Waals surface area contributed by atoms with E-state index in [1.165, 1.54) is 0 Å². The molecule has 166 valence electrons. The van der Waals surface area contributed by atoms with Crippen LogP contribution in [0.2, 0.25) is 0 Å². The SMILES string of the molecule is Cc1cc(C)nc(Nc2cccc(NC(=O)C3CCN(c4nc(C)cc(C)n4)CC3)c2)n1. The van der Waals surface area contributed by atoms with Crippen molar-refractivity contribution in [2.75, 3.05) is 28.6 Å². The molecule has 0 radical (unpaired) electrons. The summed E-state index contributed by atoms with van der Waals surface area (Å²) in [5.41, 5.74) is 5.32. The Balaban J connectivity index is 1.36. The zero-order valence-corrected chi connectivity index (χ0v) is 19.0. The normalized spacial score (nSPS) is 14.3.